The molecule has 0 radical (unpaired) electrons. The molecule has 31 heavy (non-hydrogen) atoms. The Balaban J connectivity index is 2.03. The Kier molecular flexibility index (Phi) is 6.37. The summed E-state index contributed by atoms with van der Waals surface area (Å²) in [6, 6.07) is 7.51. The highest BCUT2D eigenvalue weighted by atomic mass is 32.2. The summed E-state index contributed by atoms with van der Waals surface area (Å²) in [5, 5.41) is 10.8. The number of non-ortho nitro benzene ring substituents is 1. The molecule has 2 aromatic carbocycles. The molecular formula is C19H23N3O7S2. The van der Waals surface area contributed by atoms with Gasteiger partial charge in [-0.15, -0.1) is 0 Å². The maximum Gasteiger partial charge on any atom is 0.269 e. The average molecular weight is 470 g/mol. The van der Waals surface area contributed by atoms with Crippen molar-refractivity contribution in [2.24, 2.45) is 0 Å². The predicted molar refractivity (Wildman–Crippen MR) is 114 cm³/mol. The molecule has 1 aliphatic heterocycles. The van der Waals surface area contributed by atoms with Crippen LogP contribution in [0.2, 0.25) is 0 Å². The van der Waals surface area contributed by atoms with Crippen molar-refractivity contribution >= 4 is 31.4 Å². The van der Waals surface area contributed by atoms with Crippen LogP contribution in [0.15, 0.2) is 46.2 Å². The van der Waals surface area contributed by atoms with Crippen LogP contribution in [0.4, 0.5) is 11.4 Å². The Morgan fingerprint density at radius 2 is 1.58 bits per heavy atom. The van der Waals surface area contributed by atoms with Crippen molar-refractivity contribution in [1.29, 1.82) is 0 Å². The van der Waals surface area contributed by atoms with Gasteiger partial charge in [0.2, 0.25) is 10.0 Å². The lowest BCUT2D eigenvalue weighted by molar-refractivity contribution is -0.384. The first-order valence-corrected chi connectivity index (χ1v) is 12.3. The van der Waals surface area contributed by atoms with Crippen molar-refractivity contribution in [2.75, 3.05) is 37.7 Å². The van der Waals surface area contributed by atoms with Crippen LogP contribution < -0.4 is 4.31 Å². The molecule has 3 rings (SSSR count). The fraction of sp³-hybridized carbons (Fsp3) is 0.368. The number of hydrogen-bond acceptors (Lipinski definition) is 7. The number of rotatable bonds is 6. The summed E-state index contributed by atoms with van der Waals surface area (Å²) in [4.78, 5) is 10.1. The summed E-state index contributed by atoms with van der Waals surface area (Å²) in [6.07, 6.45) is 0. The van der Waals surface area contributed by atoms with E-state index < -0.39 is 25.0 Å². The van der Waals surface area contributed by atoms with E-state index in [1.807, 2.05) is 0 Å². The van der Waals surface area contributed by atoms with Crippen molar-refractivity contribution in [1.82, 2.24) is 4.31 Å². The number of anilines is 1. The first kappa shape index (κ1) is 23.1. The Hall–Kier alpha value is -2.54. The second kappa shape index (κ2) is 8.54. The van der Waals surface area contributed by atoms with Crippen LogP contribution in [0.5, 0.6) is 0 Å². The molecule has 2 aromatic rings. The van der Waals surface area contributed by atoms with Gasteiger partial charge in [0, 0.05) is 32.3 Å². The zero-order valence-electron chi connectivity index (χ0n) is 17.3. The fourth-order valence-corrected chi connectivity index (χ4v) is 6.28. The number of morpholine rings is 1. The number of aryl methyl sites for hydroxylation is 2. The van der Waals surface area contributed by atoms with Gasteiger partial charge in [-0.3, -0.25) is 14.4 Å². The fourth-order valence-electron chi connectivity index (χ4n) is 3.39. The molecule has 0 aromatic heterocycles. The summed E-state index contributed by atoms with van der Waals surface area (Å²) < 4.78 is 60.0. The Labute approximate surface area is 181 Å². The van der Waals surface area contributed by atoms with Crippen LogP contribution in [0.25, 0.3) is 0 Å². The van der Waals surface area contributed by atoms with Gasteiger partial charge in [0.15, 0.2) is 0 Å². The summed E-state index contributed by atoms with van der Waals surface area (Å²) in [6.45, 7) is 4.39. The van der Waals surface area contributed by atoms with Gasteiger partial charge in [0.25, 0.3) is 15.7 Å². The van der Waals surface area contributed by atoms with Gasteiger partial charge in [0.05, 0.1) is 33.6 Å². The van der Waals surface area contributed by atoms with Crippen LogP contribution in [0, 0.1) is 24.0 Å². The van der Waals surface area contributed by atoms with Crippen molar-refractivity contribution in [3.8, 4) is 0 Å². The number of nitro benzene ring substituents is 1. The molecule has 1 aliphatic rings. The van der Waals surface area contributed by atoms with Crippen LogP contribution >= 0.6 is 0 Å². The molecule has 0 spiro atoms. The lowest BCUT2D eigenvalue weighted by atomic mass is 10.1. The zero-order valence-corrected chi connectivity index (χ0v) is 18.9. The minimum atomic E-state index is -4.07. The second-order valence-corrected chi connectivity index (χ2v) is 11.0. The molecular weight excluding hydrogens is 446 g/mol. The molecule has 0 unspecified atom stereocenters. The minimum Gasteiger partial charge on any atom is -0.379 e. The highest BCUT2D eigenvalue weighted by Gasteiger charge is 2.30. The lowest BCUT2D eigenvalue weighted by Crippen LogP contribution is -2.41. The Bertz CT molecular complexity index is 1200. The van der Waals surface area contributed by atoms with Crippen molar-refractivity contribution < 1.29 is 26.5 Å². The van der Waals surface area contributed by atoms with Crippen LogP contribution in [0.1, 0.15) is 11.1 Å². The van der Waals surface area contributed by atoms with Crippen molar-refractivity contribution in [2.45, 2.75) is 23.6 Å². The van der Waals surface area contributed by atoms with Crippen molar-refractivity contribution in [3.05, 3.63) is 57.6 Å². The molecule has 1 heterocycles. The van der Waals surface area contributed by atoms with Crippen LogP contribution in [-0.4, -0.2) is 59.4 Å². The van der Waals surface area contributed by atoms with E-state index >= 15 is 0 Å². The molecule has 10 nitrogen and oxygen atoms in total. The van der Waals surface area contributed by atoms with E-state index in [0.717, 1.165) is 28.6 Å². The van der Waals surface area contributed by atoms with E-state index in [0.29, 0.717) is 24.3 Å². The monoisotopic (exact) mass is 469 g/mol. The van der Waals surface area contributed by atoms with E-state index in [9.17, 15) is 26.9 Å². The van der Waals surface area contributed by atoms with Gasteiger partial charge >= 0.3 is 0 Å². The van der Waals surface area contributed by atoms with Gasteiger partial charge in [-0.1, -0.05) is 6.07 Å². The number of hydrogen-bond donors (Lipinski definition) is 0. The molecule has 12 heteroatoms. The summed E-state index contributed by atoms with van der Waals surface area (Å²) in [7, 11) is -6.59. The molecule has 0 bridgehead atoms. The zero-order chi connectivity index (χ0) is 23.0. The van der Waals surface area contributed by atoms with Gasteiger partial charge in [-0.25, -0.2) is 16.8 Å². The Morgan fingerprint density at radius 3 is 2.13 bits per heavy atom. The highest BCUT2D eigenvalue weighted by Crippen LogP contribution is 2.32. The summed E-state index contributed by atoms with van der Waals surface area (Å²) >= 11 is 0. The van der Waals surface area contributed by atoms with Gasteiger partial charge in [0.1, 0.15) is 0 Å². The normalized spacial score (nSPS) is 15.6. The highest BCUT2D eigenvalue weighted by molar-refractivity contribution is 7.92. The number of nitro groups is 1. The minimum absolute atomic E-state index is 0.0285. The first-order chi connectivity index (χ1) is 14.5. The number of sulfonamides is 2. The smallest absolute Gasteiger partial charge is 0.269 e. The van der Waals surface area contributed by atoms with E-state index in [2.05, 4.69) is 0 Å². The third-order valence-electron chi connectivity index (χ3n) is 5.13. The summed E-state index contributed by atoms with van der Waals surface area (Å²) in [5.41, 5.74) is 1.06. The number of benzene rings is 2. The first-order valence-electron chi connectivity index (χ1n) is 9.39. The van der Waals surface area contributed by atoms with Gasteiger partial charge in [-0.05, 0) is 43.2 Å². The van der Waals surface area contributed by atoms with Crippen LogP contribution in [0.3, 0.4) is 0 Å². The SMILES string of the molecule is Cc1cc(C)c(S(=O)(=O)N2CCOCC2)cc1N(C)S(=O)(=O)c1ccc([N+](=O)[O-])cc1. The second-order valence-electron chi connectivity index (χ2n) is 7.14. The molecule has 0 amide bonds. The quantitative estimate of drug-likeness (QED) is 0.468. The molecule has 0 atom stereocenters. The van der Waals surface area contributed by atoms with E-state index in [4.69, 9.17) is 4.74 Å². The predicted octanol–water partition coefficient (Wildman–Crippen LogP) is 2.06. The van der Waals surface area contributed by atoms with E-state index in [-0.39, 0.29) is 34.3 Å². The number of nitrogens with zero attached hydrogens (tertiary/aromatic N) is 3. The maximum atomic E-state index is 13.2. The third-order valence-corrected chi connectivity index (χ3v) is 8.95. The van der Waals surface area contributed by atoms with E-state index in [1.54, 1.807) is 19.9 Å². The average Bonchev–Trinajstić information content (AvgIpc) is 2.73. The molecule has 1 fully saturated rings. The maximum absolute atomic E-state index is 13.2. The van der Waals surface area contributed by atoms with Gasteiger partial charge in [-0.2, -0.15) is 4.31 Å². The molecule has 0 aliphatic carbocycles. The number of ether oxygens (including phenoxy) is 1. The van der Waals surface area contributed by atoms with Gasteiger partial charge < -0.3 is 4.74 Å². The van der Waals surface area contributed by atoms with E-state index in [1.165, 1.54) is 17.4 Å². The molecule has 0 N–H and O–H groups in total. The molecule has 1 saturated heterocycles. The third kappa shape index (κ3) is 4.42. The standard InChI is InChI=1S/C19H23N3O7S2/c1-14-12-15(2)19(31(27,28)21-8-10-29-11-9-21)13-18(14)20(3)30(25,26)17-6-4-16(5-7-17)22(23)24/h4-7,12-13H,8-11H2,1-3H3. The van der Waals surface area contributed by atoms with Crippen molar-refractivity contribution in [3.63, 3.8) is 0 Å². The molecule has 168 valence electrons. The topological polar surface area (TPSA) is 127 Å². The van der Waals surface area contributed by atoms with Crippen LogP contribution in [-0.2, 0) is 24.8 Å². The molecule has 0 saturated carbocycles. The lowest BCUT2D eigenvalue weighted by Gasteiger charge is -2.28. The summed E-state index contributed by atoms with van der Waals surface area (Å²) in [5.74, 6) is 0. The Morgan fingerprint density at radius 1 is 1.00 bits per heavy atom. The largest absolute Gasteiger partial charge is 0.379 e.